The topological polar surface area (TPSA) is 228 Å². The number of hydrogen-bond acceptors (Lipinski definition) is 13. The normalized spacial score (nSPS) is 24.0. The molecule has 2 rings (SSSR count). The summed E-state index contributed by atoms with van der Waals surface area (Å²) in [6.45, 7) is 2.60. The summed E-state index contributed by atoms with van der Waals surface area (Å²) in [5.74, 6) is -0.255. The van der Waals surface area contributed by atoms with Crippen molar-refractivity contribution >= 4 is 5.91 Å². The average molecular weight is 1220 g/mol. The van der Waals surface area contributed by atoms with E-state index in [1.807, 2.05) is 6.08 Å². The van der Waals surface area contributed by atoms with Gasteiger partial charge in [0.1, 0.15) is 48.8 Å². The van der Waals surface area contributed by atoms with Gasteiger partial charge in [0, 0.05) is 6.42 Å². The first-order chi connectivity index (χ1) is 42.6. The Kier molecular flexibility index (Phi) is 51.9. The van der Waals surface area contributed by atoms with Gasteiger partial charge in [0.2, 0.25) is 5.91 Å². The Morgan fingerprint density at radius 1 is 0.425 bits per heavy atom. The molecule has 87 heavy (non-hydrogen) atoms. The minimum Gasteiger partial charge on any atom is -0.394 e. The second-order valence-electron chi connectivity index (χ2n) is 23.9. The van der Waals surface area contributed by atoms with Crippen LogP contribution in [0.2, 0.25) is 0 Å². The molecule has 0 bridgehead atoms. The molecule has 0 saturated carbocycles. The van der Waals surface area contributed by atoms with E-state index < -0.39 is 86.8 Å². The van der Waals surface area contributed by atoms with Crippen LogP contribution in [-0.2, 0) is 23.7 Å². The van der Waals surface area contributed by atoms with Crippen molar-refractivity contribution in [1.29, 1.82) is 0 Å². The summed E-state index contributed by atoms with van der Waals surface area (Å²) < 4.78 is 22.7. The number of rotatable bonds is 55. The molecule has 2 heterocycles. The molecule has 0 radical (unpaired) electrons. The van der Waals surface area contributed by atoms with Crippen molar-refractivity contribution in [1.82, 2.24) is 5.32 Å². The second-order valence-corrected chi connectivity index (χ2v) is 23.9. The van der Waals surface area contributed by atoms with Crippen LogP contribution >= 0.6 is 0 Å². The molecule has 12 atom stereocenters. The Bertz CT molecular complexity index is 1880. The highest BCUT2D eigenvalue weighted by Crippen LogP contribution is 2.30. The van der Waals surface area contributed by atoms with Gasteiger partial charge < -0.3 is 65.1 Å². The van der Waals surface area contributed by atoms with E-state index in [2.05, 4.69) is 116 Å². The zero-order valence-electron chi connectivity index (χ0n) is 54.2. The summed E-state index contributed by atoms with van der Waals surface area (Å²) in [6.07, 6.45) is 64.7. The molecule has 0 aromatic heterocycles. The summed E-state index contributed by atoms with van der Waals surface area (Å²) in [5, 5.41) is 87.1. The number of carbonyl (C=O) groups excluding carboxylic acids is 1. The van der Waals surface area contributed by atoms with E-state index in [0.717, 1.165) is 83.5 Å². The highest BCUT2D eigenvalue weighted by molar-refractivity contribution is 5.76. The first-order valence-electron chi connectivity index (χ1n) is 34.6. The number of ether oxygens (including phenoxy) is 4. The zero-order chi connectivity index (χ0) is 63.1. The largest absolute Gasteiger partial charge is 0.394 e. The van der Waals surface area contributed by atoms with E-state index in [4.69, 9.17) is 18.9 Å². The molecule has 1 amide bonds. The van der Waals surface area contributed by atoms with E-state index in [9.17, 15) is 45.6 Å². The Morgan fingerprint density at radius 2 is 0.805 bits per heavy atom. The number of allylic oxidation sites excluding steroid dienone is 17. The van der Waals surface area contributed by atoms with Crippen molar-refractivity contribution in [3.05, 3.63) is 109 Å². The summed E-state index contributed by atoms with van der Waals surface area (Å²) in [5.41, 5.74) is 0. The van der Waals surface area contributed by atoms with Crippen LogP contribution in [0.4, 0.5) is 0 Å². The SMILES string of the molecule is CC/C=C\C/C=C\C/C=C\C/C=C\C/C=C\C/C=C\CCCCCCCCCCCCCCCCCCCCCCCCC(=O)NC(COC1OC(CO)C(OC2OC(CO)C(O)C(O)C2O)C(O)C1O)C(O)/C=C/CC/C=C/CC/C=C/CCCC. The molecule has 9 N–H and O–H groups in total. The predicted molar refractivity (Wildman–Crippen MR) is 355 cm³/mol. The zero-order valence-corrected chi connectivity index (χ0v) is 54.2. The van der Waals surface area contributed by atoms with Crippen LogP contribution in [0.3, 0.4) is 0 Å². The minimum atomic E-state index is -1.79. The number of carbonyl (C=O) groups is 1. The van der Waals surface area contributed by atoms with E-state index >= 15 is 0 Å². The van der Waals surface area contributed by atoms with Crippen molar-refractivity contribution in [2.75, 3.05) is 19.8 Å². The van der Waals surface area contributed by atoms with Gasteiger partial charge in [-0.15, -0.1) is 0 Å². The van der Waals surface area contributed by atoms with Gasteiger partial charge in [-0.2, -0.15) is 0 Å². The van der Waals surface area contributed by atoms with E-state index in [-0.39, 0.29) is 18.9 Å². The van der Waals surface area contributed by atoms with Gasteiger partial charge in [-0.25, -0.2) is 0 Å². The van der Waals surface area contributed by atoms with Crippen molar-refractivity contribution in [2.24, 2.45) is 0 Å². The van der Waals surface area contributed by atoms with Crippen molar-refractivity contribution < 1.29 is 64.6 Å². The number of aliphatic hydroxyl groups is 8. The summed E-state index contributed by atoms with van der Waals surface area (Å²) >= 11 is 0. The van der Waals surface area contributed by atoms with Gasteiger partial charge in [0.15, 0.2) is 12.6 Å². The third-order valence-electron chi connectivity index (χ3n) is 16.2. The molecular formula is C73H125NO13. The van der Waals surface area contributed by atoms with Gasteiger partial charge in [-0.1, -0.05) is 264 Å². The fourth-order valence-electron chi connectivity index (χ4n) is 10.7. The highest BCUT2D eigenvalue weighted by atomic mass is 16.7. The average Bonchev–Trinajstić information content (AvgIpc) is 2.31. The van der Waals surface area contributed by atoms with Crippen LogP contribution in [0.1, 0.15) is 251 Å². The van der Waals surface area contributed by atoms with Crippen molar-refractivity contribution in [3.63, 3.8) is 0 Å². The maximum atomic E-state index is 13.3. The number of hydrogen-bond donors (Lipinski definition) is 9. The van der Waals surface area contributed by atoms with Gasteiger partial charge in [0.25, 0.3) is 0 Å². The molecule has 0 aromatic carbocycles. The molecule has 2 fully saturated rings. The van der Waals surface area contributed by atoms with Crippen molar-refractivity contribution in [3.8, 4) is 0 Å². The van der Waals surface area contributed by atoms with E-state index in [1.54, 1.807) is 6.08 Å². The van der Waals surface area contributed by atoms with Gasteiger partial charge in [0.05, 0.1) is 32.0 Å². The molecule has 14 nitrogen and oxygen atoms in total. The Labute approximate surface area is 527 Å². The van der Waals surface area contributed by atoms with Crippen LogP contribution < -0.4 is 5.32 Å². The molecule has 12 unspecified atom stereocenters. The quantitative estimate of drug-likeness (QED) is 0.0204. The molecule has 0 aromatic rings. The second kappa shape index (κ2) is 56.6. The Morgan fingerprint density at radius 3 is 1.26 bits per heavy atom. The predicted octanol–water partition coefficient (Wildman–Crippen LogP) is 14.0. The number of aliphatic hydroxyl groups excluding tert-OH is 8. The van der Waals surface area contributed by atoms with Crippen LogP contribution in [0, 0.1) is 0 Å². The summed E-state index contributed by atoms with van der Waals surface area (Å²) in [6, 6.07) is -0.940. The number of unbranched alkanes of at least 4 members (excludes halogenated alkanes) is 26. The lowest BCUT2D eigenvalue weighted by Crippen LogP contribution is -2.65. The third kappa shape index (κ3) is 40.9. The first-order valence-corrected chi connectivity index (χ1v) is 34.6. The van der Waals surface area contributed by atoms with Crippen molar-refractivity contribution in [2.45, 2.75) is 325 Å². The minimum absolute atomic E-state index is 0.255. The van der Waals surface area contributed by atoms with Crippen LogP contribution in [0.15, 0.2) is 109 Å². The van der Waals surface area contributed by atoms with Crippen LogP contribution in [0.25, 0.3) is 0 Å². The van der Waals surface area contributed by atoms with Crippen LogP contribution in [0.5, 0.6) is 0 Å². The number of nitrogens with one attached hydrogen (secondary N) is 1. The lowest BCUT2D eigenvalue weighted by molar-refractivity contribution is -0.359. The number of amides is 1. The maximum Gasteiger partial charge on any atom is 0.220 e. The van der Waals surface area contributed by atoms with E-state index in [1.165, 1.54) is 135 Å². The van der Waals surface area contributed by atoms with Crippen LogP contribution in [-0.4, -0.2) is 140 Å². The fourth-order valence-corrected chi connectivity index (χ4v) is 10.7. The third-order valence-corrected chi connectivity index (χ3v) is 16.2. The monoisotopic (exact) mass is 1220 g/mol. The molecule has 14 heteroatoms. The summed E-state index contributed by atoms with van der Waals surface area (Å²) in [4.78, 5) is 13.3. The van der Waals surface area contributed by atoms with Gasteiger partial charge >= 0.3 is 0 Å². The molecule has 2 aliphatic rings. The molecule has 0 spiro atoms. The van der Waals surface area contributed by atoms with Gasteiger partial charge in [-0.3, -0.25) is 4.79 Å². The first kappa shape index (κ1) is 79.7. The maximum absolute atomic E-state index is 13.3. The Hall–Kier alpha value is -3.35. The van der Waals surface area contributed by atoms with Gasteiger partial charge in [-0.05, 0) is 89.9 Å². The lowest BCUT2D eigenvalue weighted by atomic mass is 9.97. The molecular weight excluding hydrogens is 1100 g/mol. The molecule has 2 aliphatic heterocycles. The molecule has 500 valence electrons. The molecule has 0 aliphatic carbocycles. The smallest absolute Gasteiger partial charge is 0.220 e. The standard InChI is InChI=1S/C73H125NO13/c1-3-5-7-9-11-13-15-17-18-19-20-21-22-23-24-25-26-27-28-29-30-31-32-33-34-35-36-37-38-39-40-41-42-43-44-45-47-49-51-53-55-57-65(78)74-61(62(77)56-54-52-50-48-46-16-14-12-10-8-6-4-2)60-84-72-70(83)68(81)71(64(59-76)86-72)87-73-69(82)67(80)66(79)63(58-75)85-73/h5,7,10-13,17-18,20-21,23-24,26-27,46,48,54,56,61-64,66-73,75-77,79-83H,3-4,6,8-9,14-16,19,22,25,28-45,47,49-53,55,57-60H2,1-2H3,(H,74,78)/b7-5-,12-10+,13-11-,18-17-,21-20-,24-23-,27-26-,48-46+,56-54+. The fraction of sp³-hybridized carbons (Fsp3) is 0.740. The molecule has 2 saturated heterocycles. The Balaban J connectivity index is 1.55. The summed E-state index contributed by atoms with van der Waals surface area (Å²) in [7, 11) is 0. The lowest BCUT2D eigenvalue weighted by Gasteiger charge is -2.46. The highest BCUT2D eigenvalue weighted by Gasteiger charge is 2.51. The van der Waals surface area contributed by atoms with E-state index in [0.29, 0.717) is 12.8 Å².